The zero-order chi connectivity index (χ0) is 12.3. The van der Waals surface area contributed by atoms with Crippen LogP contribution in [0.3, 0.4) is 0 Å². The number of hydrogen-bond acceptors (Lipinski definition) is 1. The minimum atomic E-state index is 0.118. The number of amides is 1. The molecular formula is C14H27NO. The minimum Gasteiger partial charge on any atom is -0.354 e. The highest BCUT2D eigenvalue weighted by molar-refractivity contribution is 5.73. The normalized spacial score (nSPS) is 28.6. The van der Waals surface area contributed by atoms with Gasteiger partial charge in [-0.15, -0.1) is 0 Å². The Bertz CT molecular complexity index is 234. The Morgan fingerprint density at radius 2 is 1.69 bits per heavy atom. The van der Waals surface area contributed by atoms with E-state index < -0.39 is 0 Å². The van der Waals surface area contributed by atoms with Crippen LogP contribution in [-0.4, -0.2) is 11.9 Å². The highest BCUT2D eigenvalue weighted by Gasteiger charge is 2.31. The molecule has 0 aromatic rings. The molecule has 0 saturated heterocycles. The molecule has 0 aromatic carbocycles. The molecule has 1 N–H and O–H groups in total. The number of hydrogen-bond donors (Lipinski definition) is 1. The molecule has 1 amide bonds. The Hall–Kier alpha value is -0.530. The van der Waals surface area contributed by atoms with Crippen molar-refractivity contribution in [1.82, 2.24) is 5.32 Å². The lowest BCUT2D eigenvalue weighted by molar-refractivity contribution is -0.120. The summed E-state index contributed by atoms with van der Waals surface area (Å²) in [6, 6.07) is 0.431. The van der Waals surface area contributed by atoms with Crippen LogP contribution >= 0.6 is 0 Å². The maximum absolute atomic E-state index is 11.0. The SMILES string of the molecule is CC(=O)N[C@H]1CC[C@@H]([C@@H](C)C(C)(C)C)CC1. The van der Waals surface area contributed by atoms with Gasteiger partial charge in [0.25, 0.3) is 0 Å². The van der Waals surface area contributed by atoms with Crippen molar-refractivity contribution in [2.45, 2.75) is 66.3 Å². The molecular weight excluding hydrogens is 198 g/mol. The van der Waals surface area contributed by atoms with Crippen LogP contribution in [0, 0.1) is 17.3 Å². The predicted octanol–water partition coefficient (Wildman–Crippen LogP) is 3.36. The van der Waals surface area contributed by atoms with Crippen molar-refractivity contribution in [1.29, 1.82) is 0 Å². The van der Waals surface area contributed by atoms with E-state index in [-0.39, 0.29) is 5.91 Å². The second kappa shape index (κ2) is 5.20. The first-order chi connectivity index (χ1) is 7.30. The van der Waals surface area contributed by atoms with Crippen molar-refractivity contribution < 1.29 is 4.79 Å². The molecule has 2 nitrogen and oxygen atoms in total. The predicted molar refractivity (Wildman–Crippen MR) is 68.2 cm³/mol. The number of nitrogens with one attached hydrogen (secondary N) is 1. The maximum Gasteiger partial charge on any atom is 0.217 e. The summed E-state index contributed by atoms with van der Waals surface area (Å²) in [6.07, 6.45) is 4.85. The summed E-state index contributed by atoms with van der Waals surface area (Å²) in [5.41, 5.74) is 0.408. The average molecular weight is 225 g/mol. The third-order valence-corrected chi connectivity index (χ3v) is 4.25. The first kappa shape index (κ1) is 13.5. The topological polar surface area (TPSA) is 29.1 Å². The van der Waals surface area contributed by atoms with E-state index in [1.54, 1.807) is 6.92 Å². The second-order valence-electron chi connectivity index (χ2n) is 6.47. The Balaban J connectivity index is 2.40. The Morgan fingerprint density at radius 1 is 1.19 bits per heavy atom. The van der Waals surface area contributed by atoms with E-state index in [9.17, 15) is 4.79 Å². The van der Waals surface area contributed by atoms with E-state index in [1.165, 1.54) is 12.8 Å². The van der Waals surface area contributed by atoms with Gasteiger partial charge < -0.3 is 5.32 Å². The number of rotatable bonds is 2. The Kier molecular flexibility index (Phi) is 4.40. The second-order valence-corrected chi connectivity index (χ2v) is 6.47. The third kappa shape index (κ3) is 3.80. The van der Waals surface area contributed by atoms with E-state index in [0.717, 1.165) is 24.7 Å². The van der Waals surface area contributed by atoms with Crippen LogP contribution in [0.2, 0.25) is 0 Å². The molecule has 0 unspecified atom stereocenters. The highest BCUT2D eigenvalue weighted by atomic mass is 16.1. The van der Waals surface area contributed by atoms with Crippen molar-refractivity contribution in [3.63, 3.8) is 0 Å². The van der Waals surface area contributed by atoms with Crippen LogP contribution in [0.15, 0.2) is 0 Å². The maximum atomic E-state index is 11.0. The summed E-state index contributed by atoms with van der Waals surface area (Å²) in [4.78, 5) is 11.0. The Morgan fingerprint density at radius 3 is 2.06 bits per heavy atom. The fourth-order valence-electron chi connectivity index (χ4n) is 2.76. The van der Waals surface area contributed by atoms with Gasteiger partial charge >= 0.3 is 0 Å². The minimum absolute atomic E-state index is 0.118. The van der Waals surface area contributed by atoms with Gasteiger partial charge in [-0.3, -0.25) is 4.79 Å². The summed E-state index contributed by atoms with van der Waals surface area (Å²) in [5, 5.41) is 3.04. The summed E-state index contributed by atoms with van der Waals surface area (Å²) >= 11 is 0. The third-order valence-electron chi connectivity index (χ3n) is 4.25. The molecule has 0 heterocycles. The zero-order valence-corrected chi connectivity index (χ0v) is 11.5. The van der Waals surface area contributed by atoms with Crippen LogP contribution in [-0.2, 0) is 4.79 Å². The Labute approximate surface area is 100 Å². The lowest BCUT2D eigenvalue weighted by Gasteiger charge is -2.38. The number of carbonyl (C=O) groups is 1. The van der Waals surface area contributed by atoms with E-state index in [1.807, 2.05) is 0 Å². The summed E-state index contributed by atoms with van der Waals surface area (Å²) in [7, 11) is 0. The van der Waals surface area contributed by atoms with Gasteiger partial charge in [0.1, 0.15) is 0 Å². The average Bonchev–Trinajstić information content (AvgIpc) is 2.15. The molecule has 16 heavy (non-hydrogen) atoms. The molecule has 0 bridgehead atoms. The van der Waals surface area contributed by atoms with Gasteiger partial charge in [0, 0.05) is 13.0 Å². The van der Waals surface area contributed by atoms with Crippen LogP contribution < -0.4 is 5.32 Å². The van der Waals surface area contributed by atoms with Gasteiger partial charge in [0.2, 0.25) is 5.91 Å². The van der Waals surface area contributed by atoms with Gasteiger partial charge in [-0.2, -0.15) is 0 Å². The smallest absolute Gasteiger partial charge is 0.217 e. The zero-order valence-electron chi connectivity index (χ0n) is 11.5. The van der Waals surface area contributed by atoms with Gasteiger partial charge in [-0.1, -0.05) is 27.7 Å². The molecule has 1 aliphatic carbocycles. The van der Waals surface area contributed by atoms with Crippen LogP contribution in [0.4, 0.5) is 0 Å². The summed E-state index contributed by atoms with van der Waals surface area (Å²) in [5.74, 6) is 1.73. The fourth-order valence-corrected chi connectivity index (χ4v) is 2.76. The standard InChI is InChI=1S/C14H27NO/c1-10(14(3,4)5)12-6-8-13(9-7-12)15-11(2)16/h10,12-13H,6-9H2,1-5H3,(H,15,16)/t10-,12-,13+/m1/s1. The molecule has 0 aliphatic heterocycles. The molecule has 1 fully saturated rings. The largest absolute Gasteiger partial charge is 0.354 e. The van der Waals surface area contributed by atoms with Crippen molar-refractivity contribution in [3.8, 4) is 0 Å². The summed E-state index contributed by atoms with van der Waals surface area (Å²) < 4.78 is 0. The molecule has 1 atom stereocenters. The fraction of sp³-hybridized carbons (Fsp3) is 0.929. The lowest BCUT2D eigenvalue weighted by atomic mass is 9.69. The molecule has 2 heteroatoms. The molecule has 94 valence electrons. The van der Waals surface area contributed by atoms with E-state index >= 15 is 0 Å². The van der Waals surface area contributed by atoms with Gasteiger partial charge in [-0.05, 0) is 42.9 Å². The van der Waals surface area contributed by atoms with E-state index in [0.29, 0.717) is 11.5 Å². The van der Waals surface area contributed by atoms with Gasteiger partial charge in [0.05, 0.1) is 0 Å². The van der Waals surface area contributed by atoms with Crippen molar-refractivity contribution in [2.75, 3.05) is 0 Å². The van der Waals surface area contributed by atoms with Gasteiger partial charge in [0.15, 0.2) is 0 Å². The van der Waals surface area contributed by atoms with Gasteiger partial charge in [-0.25, -0.2) is 0 Å². The lowest BCUT2D eigenvalue weighted by Crippen LogP contribution is -2.38. The molecule has 1 aliphatic rings. The highest BCUT2D eigenvalue weighted by Crippen LogP contribution is 2.39. The van der Waals surface area contributed by atoms with Crippen molar-refractivity contribution in [2.24, 2.45) is 17.3 Å². The summed E-state index contributed by atoms with van der Waals surface area (Å²) in [6.45, 7) is 11.0. The van der Waals surface area contributed by atoms with Crippen molar-refractivity contribution >= 4 is 5.91 Å². The monoisotopic (exact) mass is 225 g/mol. The molecule has 0 aromatic heterocycles. The molecule has 1 saturated carbocycles. The van der Waals surface area contributed by atoms with E-state index in [4.69, 9.17) is 0 Å². The molecule has 0 radical (unpaired) electrons. The molecule has 0 spiro atoms. The number of carbonyl (C=O) groups excluding carboxylic acids is 1. The van der Waals surface area contributed by atoms with Crippen LogP contribution in [0.5, 0.6) is 0 Å². The van der Waals surface area contributed by atoms with Crippen LogP contribution in [0.25, 0.3) is 0 Å². The first-order valence-electron chi connectivity index (χ1n) is 6.58. The molecule has 1 rings (SSSR count). The quantitative estimate of drug-likeness (QED) is 0.767. The van der Waals surface area contributed by atoms with Crippen molar-refractivity contribution in [3.05, 3.63) is 0 Å². The van der Waals surface area contributed by atoms with E-state index in [2.05, 4.69) is 33.0 Å². The van der Waals surface area contributed by atoms with Crippen LogP contribution in [0.1, 0.15) is 60.3 Å². The first-order valence-corrected chi connectivity index (χ1v) is 6.58.